The van der Waals surface area contributed by atoms with E-state index in [9.17, 15) is 18.0 Å². The Balaban J connectivity index is 1.92. The molecule has 0 fully saturated rings. The smallest absolute Gasteiger partial charge is 0.416 e. The second-order valence-electron chi connectivity index (χ2n) is 5.38. The summed E-state index contributed by atoms with van der Waals surface area (Å²) in [6, 6.07) is 10.6. The summed E-state index contributed by atoms with van der Waals surface area (Å²) in [5.74, 6) is 0.692. The van der Waals surface area contributed by atoms with Gasteiger partial charge in [-0.25, -0.2) is 4.79 Å². The molecule has 0 aliphatic carbocycles. The van der Waals surface area contributed by atoms with Gasteiger partial charge < -0.3 is 15.4 Å². The zero-order valence-corrected chi connectivity index (χ0v) is 13.7. The molecule has 134 valence electrons. The number of urea groups is 1. The van der Waals surface area contributed by atoms with Crippen molar-refractivity contribution in [2.24, 2.45) is 0 Å². The molecule has 0 aromatic heterocycles. The molecule has 0 heterocycles. The molecule has 4 nitrogen and oxygen atoms in total. The van der Waals surface area contributed by atoms with Gasteiger partial charge >= 0.3 is 12.2 Å². The van der Waals surface area contributed by atoms with Crippen LogP contribution in [0.2, 0.25) is 0 Å². The van der Waals surface area contributed by atoms with Gasteiger partial charge in [0.2, 0.25) is 0 Å². The van der Waals surface area contributed by atoms with Gasteiger partial charge in [0.05, 0.1) is 12.2 Å². The van der Waals surface area contributed by atoms with Crippen molar-refractivity contribution in [3.63, 3.8) is 0 Å². The number of rotatable bonds is 6. The molecule has 2 aromatic carbocycles. The maximum Gasteiger partial charge on any atom is 0.416 e. The molecule has 2 N–H and O–H groups in total. The summed E-state index contributed by atoms with van der Waals surface area (Å²) in [6.45, 7) is 2.69. The van der Waals surface area contributed by atoms with Gasteiger partial charge in [0.25, 0.3) is 0 Å². The van der Waals surface area contributed by atoms with Gasteiger partial charge in [0.1, 0.15) is 5.75 Å². The molecule has 0 radical (unpaired) electrons. The van der Waals surface area contributed by atoms with Crippen molar-refractivity contribution < 1.29 is 22.7 Å². The van der Waals surface area contributed by atoms with Gasteiger partial charge in [-0.15, -0.1) is 0 Å². The molecule has 0 saturated heterocycles. The highest BCUT2D eigenvalue weighted by Gasteiger charge is 2.30. The lowest BCUT2D eigenvalue weighted by molar-refractivity contribution is -0.137. The van der Waals surface area contributed by atoms with E-state index in [1.165, 1.54) is 12.1 Å². The first-order valence-corrected chi connectivity index (χ1v) is 7.86. The molecule has 0 unspecified atom stereocenters. The van der Waals surface area contributed by atoms with Gasteiger partial charge in [-0.2, -0.15) is 13.2 Å². The second-order valence-corrected chi connectivity index (χ2v) is 5.38. The van der Waals surface area contributed by atoms with Crippen LogP contribution in [0.25, 0.3) is 0 Å². The van der Waals surface area contributed by atoms with E-state index >= 15 is 0 Å². The van der Waals surface area contributed by atoms with Crippen molar-refractivity contribution in [2.75, 3.05) is 17.2 Å². The predicted molar refractivity (Wildman–Crippen MR) is 90.9 cm³/mol. The van der Waals surface area contributed by atoms with E-state index in [2.05, 4.69) is 17.6 Å². The van der Waals surface area contributed by atoms with Crippen LogP contribution in [0, 0.1) is 0 Å². The van der Waals surface area contributed by atoms with E-state index in [1.54, 1.807) is 24.3 Å². The van der Waals surface area contributed by atoms with Crippen LogP contribution < -0.4 is 15.4 Å². The monoisotopic (exact) mass is 352 g/mol. The molecule has 7 heteroatoms. The number of carbonyl (C=O) groups excluding carboxylic acids is 1. The normalized spacial score (nSPS) is 11.0. The first-order chi connectivity index (χ1) is 11.9. The van der Waals surface area contributed by atoms with E-state index in [0.717, 1.165) is 25.0 Å². The van der Waals surface area contributed by atoms with Crippen molar-refractivity contribution in [2.45, 2.75) is 25.9 Å². The van der Waals surface area contributed by atoms with Crippen LogP contribution in [-0.4, -0.2) is 12.6 Å². The second kappa shape index (κ2) is 8.41. The van der Waals surface area contributed by atoms with Crippen molar-refractivity contribution in [3.05, 3.63) is 54.1 Å². The van der Waals surface area contributed by atoms with Gasteiger partial charge in [0.15, 0.2) is 0 Å². The Bertz CT molecular complexity index is 700. The Morgan fingerprint density at radius 1 is 1.04 bits per heavy atom. The Kier molecular flexibility index (Phi) is 6.27. The molecular weight excluding hydrogens is 333 g/mol. The molecule has 0 bridgehead atoms. The highest BCUT2D eigenvalue weighted by atomic mass is 19.4. The average molecular weight is 352 g/mol. The maximum absolute atomic E-state index is 12.7. The fraction of sp³-hybridized carbons (Fsp3) is 0.278. The lowest BCUT2D eigenvalue weighted by Crippen LogP contribution is -2.19. The molecule has 0 spiro atoms. The maximum atomic E-state index is 12.7. The SMILES string of the molecule is CCCCOc1ccc(NC(=O)Nc2cccc(C(F)(F)F)c2)cc1. The van der Waals surface area contributed by atoms with E-state index in [0.29, 0.717) is 18.0 Å². The molecule has 0 aliphatic rings. The highest BCUT2D eigenvalue weighted by Crippen LogP contribution is 2.30. The van der Waals surface area contributed by atoms with Crippen molar-refractivity contribution >= 4 is 17.4 Å². The number of ether oxygens (including phenoxy) is 1. The summed E-state index contributed by atoms with van der Waals surface area (Å²) in [5, 5.41) is 4.93. The zero-order chi connectivity index (χ0) is 18.3. The summed E-state index contributed by atoms with van der Waals surface area (Å²) in [7, 11) is 0. The molecular formula is C18H19F3N2O2. The average Bonchev–Trinajstić information content (AvgIpc) is 2.56. The number of alkyl halides is 3. The third-order valence-corrected chi connectivity index (χ3v) is 3.33. The highest BCUT2D eigenvalue weighted by molar-refractivity contribution is 5.99. The number of anilines is 2. The molecule has 0 atom stereocenters. The lowest BCUT2D eigenvalue weighted by atomic mass is 10.2. The van der Waals surface area contributed by atoms with Gasteiger partial charge in [0, 0.05) is 11.4 Å². The van der Waals surface area contributed by atoms with Crippen molar-refractivity contribution in [3.8, 4) is 5.75 Å². The fourth-order valence-electron chi connectivity index (χ4n) is 2.04. The van der Waals surface area contributed by atoms with Crippen LogP contribution in [0.15, 0.2) is 48.5 Å². The fourth-order valence-corrected chi connectivity index (χ4v) is 2.04. The summed E-state index contributed by atoms with van der Waals surface area (Å²) < 4.78 is 43.5. The number of halogens is 3. The molecule has 0 saturated carbocycles. The van der Waals surface area contributed by atoms with Crippen LogP contribution >= 0.6 is 0 Å². The topological polar surface area (TPSA) is 50.4 Å². The Labute approximate surface area is 144 Å². The van der Waals surface area contributed by atoms with Gasteiger partial charge in [-0.1, -0.05) is 19.4 Å². The number of nitrogens with one attached hydrogen (secondary N) is 2. The quantitative estimate of drug-likeness (QED) is 0.672. The number of unbranched alkanes of at least 4 members (excludes halogenated alkanes) is 1. The lowest BCUT2D eigenvalue weighted by Gasteiger charge is -2.11. The number of benzene rings is 2. The van der Waals surface area contributed by atoms with Crippen molar-refractivity contribution in [1.82, 2.24) is 0 Å². The van der Waals surface area contributed by atoms with Gasteiger partial charge in [-0.05, 0) is 48.9 Å². The first kappa shape index (κ1) is 18.6. The van der Waals surface area contributed by atoms with E-state index in [-0.39, 0.29) is 5.69 Å². The molecule has 2 amide bonds. The summed E-state index contributed by atoms with van der Waals surface area (Å²) >= 11 is 0. The largest absolute Gasteiger partial charge is 0.494 e. The number of amides is 2. The molecule has 2 rings (SSSR count). The number of hydrogen-bond donors (Lipinski definition) is 2. The van der Waals surface area contributed by atoms with Crippen LogP contribution in [-0.2, 0) is 6.18 Å². The van der Waals surface area contributed by atoms with Crippen LogP contribution in [0.3, 0.4) is 0 Å². The van der Waals surface area contributed by atoms with Crippen LogP contribution in [0.4, 0.5) is 29.3 Å². The molecule has 25 heavy (non-hydrogen) atoms. The number of carbonyl (C=O) groups is 1. The standard InChI is InChI=1S/C18H19F3N2O2/c1-2-3-11-25-16-9-7-14(8-10-16)22-17(24)23-15-6-4-5-13(12-15)18(19,20)21/h4-10,12H,2-3,11H2,1H3,(H2,22,23,24). The van der Waals surface area contributed by atoms with Crippen LogP contribution in [0.5, 0.6) is 5.75 Å². The zero-order valence-electron chi connectivity index (χ0n) is 13.7. The molecule has 0 aliphatic heterocycles. The first-order valence-electron chi connectivity index (χ1n) is 7.86. The molecule has 2 aromatic rings. The van der Waals surface area contributed by atoms with Gasteiger partial charge in [-0.3, -0.25) is 0 Å². The minimum absolute atomic E-state index is 0.0619. The van der Waals surface area contributed by atoms with Crippen LogP contribution in [0.1, 0.15) is 25.3 Å². The summed E-state index contributed by atoms with van der Waals surface area (Å²) in [5.41, 5.74) is -0.252. The Morgan fingerprint density at radius 3 is 2.36 bits per heavy atom. The van der Waals surface area contributed by atoms with Crippen molar-refractivity contribution in [1.29, 1.82) is 0 Å². The summed E-state index contributed by atoms with van der Waals surface area (Å²) in [6.07, 6.45) is -2.46. The summed E-state index contributed by atoms with van der Waals surface area (Å²) in [4.78, 5) is 11.9. The third-order valence-electron chi connectivity index (χ3n) is 3.33. The third kappa shape index (κ3) is 6.02. The minimum atomic E-state index is -4.46. The Morgan fingerprint density at radius 2 is 1.72 bits per heavy atom. The Hall–Kier alpha value is -2.70. The number of hydrogen-bond acceptors (Lipinski definition) is 2. The minimum Gasteiger partial charge on any atom is -0.494 e. The van der Waals surface area contributed by atoms with E-state index in [1.807, 2.05) is 0 Å². The predicted octanol–water partition coefficient (Wildman–Crippen LogP) is 5.53. The van der Waals surface area contributed by atoms with E-state index < -0.39 is 17.8 Å². The van der Waals surface area contributed by atoms with E-state index in [4.69, 9.17) is 4.74 Å².